The van der Waals surface area contributed by atoms with E-state index in [9.17, 15) is 0 Å². The van der Waals surface area contributed by atoms with Crippen LogP contribution in [0.1, 0.15) is 52.4 Å². The molecule has 2 fully saturated rings. The minimum absolute atomic E-state index is 0.776. The van der Waals surface area contributed by atoms with Crippen molar-refractivity contribution < 1.29 is 0 Å². The minimum atomic E-state index is 0.776. The summed E-state index contributed by atoms with van der Waals surface area (Å²) in [5, 5.41) is 3.63. The van der Waals surface area contributed by atoms with E-state index in [2.05, 4.69) is 31.1 Å². The van der Waals surface area contributed by atoms with Gasteiger partial charge in [-0.3, -0.25) is 0 Å². The summed E-state index contributed by atoms with van der Waals surface area (Å²) < 4.78 is 0. The van der Waals surface area contributed by atoms with Crippen molar-refractivity contribution in [2.24, 2.45) is 5.92 Å². The first-order chi connectivity index (χ1) is 7.72. The normalized spacial score (nSPS) is 33.0. The van der Waals surface area contributed by atoms with E-state index in [-0.39, 0.29) is 0 Å². The van der Waals surface area contributed by atoms with Crippen LogP contribution in [0.5, 0.6) is 0 Å². The number of rotatable bonds is 5. The Balaban J connectivity index is 1.82. The summed E-state index contributed by atoms with van der Waals surface area (Å²) >= 11 is 0. The van der Waals surface area contributed by atoms with E-state index >= 15 is 0 Å². The summed E-state index contributed by atoms with van der Waals surface area (Å²) in [6.45, 7) is 5.77. The maximum atomic E-state index is 3.63. The molecule has 0 aromatic carbocycles. The molecule has 3 unspecified atom stereocenters. The molecule has 0 amide bonds. The highest BCUT2D eigenvalue weighted by atomic mass is 15.2. The van der Waals surface area contributed by atoms with E-state index in [1.54, 1.807) is 0 Å². The van der Waals surface area contributed by atoms with Crippen molar-refractivity contribution in [3.05, 3.63) is 0 Å². The highest BCUT2D eigenvalue weighted by Crippen LogP contribution is 2.36. The molecule has 0 spiro atoms. The van der Waals surface area contributed by atoms with Crippen molar-refractivity contribution in [3.8, 4) is 0 Å². The van der Waals surface area contributed by atoms with Crippen LogP contribution < -0.4 is 5.32 Å². The lowest BCUT2D eigenvalue weighted by Gasteiger charge is -2.39. The van der Waals surface area contributed by atoms with Crippen LogP contribution in [0.3, 0.4) is 0 Å². The molecule has 2 saturated carbocycles. The van der Waals surface area contributed by atoms with Gasteiger partial charge in [-0.2, -0.15) is 0 Å². The van der Waals surface area contributed by atoms with Crippen LogP contribution in [-0.2, 0) is 0 Å². The number of hydrogen-bond acceptors (Lipinski definition) is 2. The first kappa shape index (κ1) is 12.4. The van der Waals surface area contributed by atoms with Gasteiger partial charge in [-0.05, 0) is 58.5 Å². The highest BCUT2D eigenvalue weighted by Gasteiger charge is 2.34. The maximum absolute atomic E-state index is 3.63. The SMILES string of the molecule is CCNC1CCCC(N(C)C(C)C2CC2)C1. The molecule has 0 bridgehead atoms. The molecule has 2 aliphatic rings. The molecule has 16 heavy (non-hydrogen) atoms. The average Bonchev–Trinajstić information content (AvgIpc) is 3.12. The summed E-state index contributed by atoms with van der Waals surface area (Å²) in [6.07, 6.45) is 8.50. The molecule has 0 aromatic rings. The zero-order valence-electron chi connectivity index (χ0n) is 11.2. The number of hydrogen-bond donors (Lipinski definition) is 1. The monoisotopic (exact) mass is 224 g/mol. The minimum Gasteiger partial charge on any atom is -0.314 e. The van der Waals surface area contributed by atoms with E-state index < -0.39 is 0 Å². The van der Waals surface area contributed by atoms with Crippen LogP contribution in [-0.4, -0.2) is 36.6 Å². The van der Waals surface area contributed by atoms with Gasteiger partial charge in [0.1, 0.15) is 0 Å². The average molecular weight is 224 g/mol. The van der Waals surface area contributed by atoms with E-state index in [0.29, 0.717) is 0 Å². The van der Waals surface area contributed by atoms with Crippen molar-refractivity contribution in [2.45, 2.75) is 70.5 Å². The van der Waals surface area contributed by atoms with Crippen molar-refractivity contribution in [1.29, 1.82) is 0 Å². The standard InChI is InChI=1S/C14H28N2/c1-4-15-13-6-5-7-14(10-13)16(3)11(2)12-8-9-12/h11-15H,4-10H2,1-3H3. The molecular weight excluding hydrogens is 196 g/mol. The summed E-state index contributed by atoms with van der Waals surface area (Å²) in [4.78, 5) is 2.67. The van der Waals surface area contributed by atoms with Gasteiger partial charge in [-0.1, -0.05) is 13.3 Å². The summed E-state index contributed by atoms with van der Waals surface area (Å²) in [6, 6.07) is 2.41. The Morgan fingerprint density at radius 1 is 1.25 bits per heavy atom. The second kappa shape index (κ2) is 5.50. The Morgan fingerprint density at radius 2 is 2.00 bits per heavy atom. The molecule has 2 aliphatic carbocycles. The molecule has 0 aromatic heterocycles. The molecular formula is C14H28N2. The lowest BCUT2D eigenvalue weighted by atomic mass is 9.89. The van der Waals surface area contributed by atoms with Gasteiger partial charge in [0.05, 0.1) is 0 Å². The van der Waals surface area contributed by atoms with Crippen LogP contribution >= 0.6 is 0 Å². The molecule has 0 saturated heterocycles. The topological polar surface area (TPSA) is 15.3 Å². The predicted molar refractivity (Wildman–Crippen MR) is 69.7 cm³/mol. The second-order valence-corrected chi connectivity index (χ2v) is 5.82. The molecule has 3 atom stereocenters. The van der Waals surface area contributed by atoms with Gasteiger partial charge in [-0.25, -0.2) is 0 Å². The van der Waals surface area contributed by atoms with Crippen molar-refractivity contribution >= 4 is 0 Å². The summed E-state index contributed by atoms with van der Waals surface area (Å²) in [5.74, 6) is 1.00. The third kappa shape index (κ3) is 2.98. The fourth-order valence-corrected chi connectivity index (χ4v) is 3.25. The Morgan fingerprint density at radius 3 is 2.62 bits per heavy atom. The Kier molecular flexibility index (Phi) is 4.26. The molecule has 2 heteroatoms. The van der Waals surface area contributed by atoms with Gasteiger partial charge in [-0.15, -0.1) is 0 Å². The van der Waals surface area contributed by atoms with Crippen molar-refractivity contribution in [1.82, 2.24) is 10.2 Å². The summed E-state index contributed by atoms with van der Waals surface area (Å²) in [5.41, 5.74) is 0. The van der Waals surface area contributed by atoms with Crippen molar-refractivity contribution in [2.75, 3.05) is 13.6 Å². The van der Waals surface area contributed by atoms with E-state index in [4.69, 9.17) is 0 Å². The van der Waals surface area contributed by atoms with Crippen LogP contribution in [0.2, 0.25) is 0 Å². The zero-order chi connectivity index (χ0) is 11.5. The first-order valence-electron chi connectivity index (χ1n) is 7.17. The molecule has 0 heterocycles. The molecule has 2 nitrogen and oxygen atoms in total. The molecule has 0 radical (unpaired) electrons. The lowest BCUT2D eigenvalue weighted by molar-refractivity contribution is 0.120. The Hall–Kier alpha value is -0.0800. The van der Waals surface area contributed by atoms with Crippen molar-refractivity contribution in [3.63, 3.8) is 0 Å². The third-order valence-corrected chi connectivity index (χ3v) is 4.66. The van der Waals surface area contributed by atoms with Gasteiger partial charge in [0.25, 0.3) is 0 Å². The lowest BCUT2D eigenvalue weighted by Crippen LogP contribution is -2.46. The largest absolute Gasteiger partial charge is 0.314 e. The van der Waals surface area contributed by atoms with Crippen LogP contribution in [0, 0.1) is 5.92 Å². The fraction of sp³-hybridized carbons (Fsp3) is 1.00. The van der Waals surface area contributed by atoms with Gasteiger partial charge < -0.3 is 10.2 Å². The van der Waals surface area contributed by atoms with Crippen LogP contribution in [0.4, 0.5) is 0 Å². The molecule has 1 N–H and O–H groups in total. The van der Waals surface area contributed by atoms with E-state index in [1.165, 1.54) is 38.5 Å². The maximum Gasteiger partial charge on any atom is 0.0110 e. The van der Waals surface area contributed by atoms with E-state index in [1.807, 2.05) is 0 Å². The zero-order valence-corrected chi connectivity index (χ0v) is 11.2. The van der Waals surface area contributed by atoms with Gasteiger partial charge in [0.2, 0.25) is 0 Å². The van der Waals surface area contributed by atoms with Gasteiger partial charge in [0.15, 0.2) is 0 Å². The number of nitrogens with zero attached hydrogens (tertiary/aromatic N) is 1. The molecule has 0 aliphatic heterocycles. The molecule has 94 valence electrons. The Bertz CT molecular complexity index is 211. The summed E-state index contributed by atoms with van der Waals surface area (Å²) in [7, 11) is 2.35. The molecule has 2 rings (SSSR count). The predicted octanol–water partition coefficient (Wildman–Crippen LogP) is 2.64. The number of nitrogens with one attached hydrogen (secondary N) is 1. The Labute approximate surface area is 101 Å². The smallest absolute Gasteiger partial charge is 0.0110 e. The van der Waals surface area contributed by atoms with Crippen LogP contribution in [0.15, 0.2) is 0 Å². The third-order valence-electron chi connectivity index (χ3n) is 4.66. The van der Waals surface area contributed by atoms with E-state index in [0.717, 1.165) is 30.6 Å². The quantitative estimate of drug-likeness (QED) is 0.772. The highest BCUT2D eigenvalue weighted by molar-refractivity contribution is 4.90. The van der Waals surface area contributed by atoms with Gasteiger partial charge in [0, 0.05) is 18.1 Å². The second-order valence-electron chi connectivity index (χ2n) is 5.82. The van der Waals surface area contributed by atoms with Gasteiger partial charge >= 0.3 is 0 Å². The first-order valence-corrected chi connectivity index (χ1v) is 7.17. The fourth-order valence-electron chi connectivity index (χ4n) is 3.25. The van der Waals surface area contributed by atoms with Crippen LogP contribution in [0.25, 0.3) is 0 Å².